The fraction of sp³-hybridized carbons (Fsp3) is 0.111. The molecular weight excluding hydrogens is 195 g/mol. The molecule has 5 heteroatoms. The van der Waals surface area contributed by atoms with Crippen LogP contribution in [-0.2, 0) is 0 Å². The van der Waals surface area contributed by atoms with Crippen LogP contribution in [0.4, 0.5) is 0 Å². The predicted octanol–water partition coefficient (Wildman–Crippen LogP) is 0.743. The Hall–Kier alpha value is -0.840. The van der Waals surface area contributed by atoms with Gasteiger partial charge in [-0.15, -0.1) is 0 Å². The first kappa shape index (κ1) is 13.2. The van der Waals surface area contributed by atoms with Crippen molar-refractivity contribution in [3.05, 3.63) is 34.9 Å². The van der Waals surface area contributed by atoms with Crippen LogP contribution >= 0.6 is 0 Å². The molecule has 0 bridgehead atoms. The third kappa shape index (κ3) is 2.57. The summed E-state index contributed by atoms with van der Waals surface area (Å²) in [6.07, 6.45) is 0. The van der Waals surface area contributed by atoms with Gasteiger partial charge in [-0.25, -0.2) is 9.59 Å². The van der Waals surface area contributed by atoms with Gasteiger partial charge in [-0.2, -0.15) is 0 Å². The molecule has 0 unspecified atom stereocenters. The Labute approximate surface area is 103 Å². The van der Waals surface area contributed by atoms with Gasteiger partial charge in [-0.1, -0.05) is 6.07 Å². The van der Waals surface area contributed by atoms with E-state index in [-0.39, 0.29) is 46.2 Å². The van der Waals surface area contributed by atoms with Gasteiger partial charge in [0.1, 0.15) is 0 Å². The predicted molar refractivity (Wildman–Crippen MR) is 52.2 cm³/mol. The summed E-state index contributed by atoms with van der Waals surface area (Å²) in [5.41, 5.74) is 0.335. The van der Waals surface area contributed by atoms with Crippen LogP contribution in [-0.4, -0.2) is 51.7 Å². The zero-order valence-electron chi connectivity index (χ0n) is 6.94. The van der Waals surface area contributed by atoms with Gasteiger partial charge in [0.2, 0.25) is 0 Å². The first-order valence-corrected chi connectivity index (χ1v) is 3.60. The number of carboxylic acid groups (broad SMARTS) is 2. The summed E-state index contributed by atoms with van der Waals surface area (Å²) in [7, 11) is 0. The van der Waals surface area contributed by atoms with Crippen LogP contribution in [0.2, 0.25) is 0 Å². The number of carbonyl (C=O) groups is 2. The molecule has 4 nitrogen and oxygen atoms in total. The molecule has 0 aliphatic rings. The summed E-state index contributed by atoms with van der Waals surface area (Å²) in [4.78, 5) is 21.2. The molecule has 0 fully saturated rings. The third-order valence-corrected chi connectivity index (χ3v) is 1.79. The number of hydrogen-bond donors (Lipinski definition) is 2. The van der Waals surface area contributed by atoms with Crippen LogP contribution < -0.4 is 0 Å². The van der Waals surface area contributed by atoms with Crippen molar-refractivity contribution in [2.45, 2.75) is 6.92 Å². The number of aromatic carboxylic acids is 2. The van der Waals surface area contributed by atoms with E-state index in [1.54, 1.807) is 0 Å². The van der Waals surface area contributed by atoms with Crippen molar-refractivity contribution in [1.29, 1.82) is 0 Å². The molecule has 0 aromatic heterocycles. The zero-order valence-corrected chi connectivity index (χ0v) is 6.94. The van der Waals surface area contributed by atoms with Crippen molar-refractivity contribution in [2.75, 3.05) is 0 Å². The second-order valence-electron chi connectivity index (χ2n) is 2.59. The van der Waals surface area contributed by atoms with Gasteiger partial charge in [0.25, 0.3) is 0 Å². The minimum absolute atomic E-state index is 0. The standard InChI is InChI=1S/C9H8O4.Na.H/c1-5-6(8(10)11)3-2-4-7(5)9(12)13;;/h2-4H,1H3,(H,10,11)(H,12,13);;. The fourth-order valence-electron chi connectivity index (χ4n) is 1.10. The van der Waals surface area contributed by atoms with Gasteiger partial charge in [0.05, 0.1) is 11.1 Å². The first-order chi connectivity index (χ1) is 6.04. The summed E-state index contributed by atoms with van der Waals surface area (Å²) in [5, 5.41) is 17.4. The van der Waals surface area contributed by atoms with Crippen molar-refractivity contribution >= 4 is 41.5 Å². The van der Waals surface area contributed by atoms with Crippen LogP contribution in [0, 0.1) is 6.92 Å². The minimum atomic E-state index is -1.11. The normalized spacial score (nSPS) is 8.93. The van der Waals surface area contributed by atoms with Gasteiger partial charge in [0.15, 0.2) is 0 Å². The van der Waals surface area contributed by atoms with E-state index in [0.717, 1.165) is 0 Å². The Kier molecular flexibility index (Phi) is 4.83. The number of rotatable bonds is 2. The molecule has 1 aromatic rings. The van der Waals surface area contributed by atoms with Crippen LogP contribution in [0.25, 0.3) is 0 Å². The fourth-order valence-corrected chi connectivity index (χ4v) is 1.10. The topological polar surface area (TPSA) is 74.6 Å². The Morgan fingerprint density at radius 2 is 1.43 bits per heavy atom. The number of hydrogen-bond acceptors (Lipinski definition) is 2. The van der Waals surface area contributed by atoms with E-state index in [4.69, 9.17) is 10.2 Å². The molecule has 0 saturated carbocycles. The molecule has 14 heavy (non-hydrogen) atoms. The molecule has 0 radical (unpaired) electrons. The Morgan fingerprint density at radius 3 is 1.71 bits per heavy atom. The molecule has 0 heterocycles. The van der Waals surface area contributed by atoms with Gasteiger partial charge >= 0.3 is 41.5 Å². The molecule has 0 atom stereocenters. The molecular formula is C9H9NaO4. The second-order valence-corrected chi connectivity index (χ2v) is 2.59. The van der Waals surface area contributed by atoms with Gasteiger partial charge in [0, 0.05) is 0 Å². The molecule has 70 valence electrons. The summed E-state index contributed by atoms with van der Waals surface area (Å²) < 4.78 is 0. The molecule has 0 spiro atoms. The van der Waals surface area contributed by atoms with Crippen molar-refractivity contribution in [3.8, 4) is 0 Å². The molecule has 0 aliphatic carbocycles. The van der Waals surface area contributed by atoms with E-state index in [0.29, 0.717) is 0 Å². The van der Waals surface area contributed by atoms with E-state index < -0.39 is 11.9 Å². The summed E-state index contributed by atoms with van der Waals surface area (Å²) in [6, 6.07) is 4.17. The SMILES string of the molecule is Cc1c(C(=O)O)cccc1C(=O)O.[NaH]. The van der Waals surface area contributed by atoms with Crippen molar-refractivity contribution < 1.29 is 19.8 Å². The monoisotopic (exact) mass is 204 g/mol. The van der Waals surface area contributed by atoms with Gasteiger partial charge < -0.3 is 10.2 Å². The Balaban J connectivity index is 0.00000169. The quantitative estimate of drug-likeness (QED) is 0.697. The van der Waals surface area contributed by atoms with Crippen LogP contribution in [0.1, 0.15) is 26.3 Å². The Morgan fingerprint density at radius 1 is 1.07 bits per heavy atom. The van der Waals surface area contributed by atoms with E-state index in [2.05, 4.69) is 0 Å². The maximum atomic E-state index is 10.6. The molecule has 1 aromatic carbocycles. The zero-order chi connectivity index (χ0) is 10.0. The van der Waals surface area contributed by atoms with Crippen LogP contribution in [0.5, 0.6) is 0 Å². The molecule has 0 aliphatic heterocycles. The molecule has 0 saturated heterocycles. The second kappa shape index (κ2) is 5.14. The van der Waals surface area contributed by atoms with E-state index >= 15 is 0 Å². The maximum absolute atomic E-state index is 10.6. The summed E-state index contributed by atoms with van der Waals surface area (Å²) in [5.74, 6) is -2.22. The summed E-state index contributed by atoms with van der Waals surface area (Å²) >= 11 is 0. The number of benzene rings is 1. The van der Waals surface area contributed by atoms with Crippen LogP contribution in [0.3, 0.4) is 0 Å². The van der Waals surface area contributed by atoms with E-state index in [1.807, 2.05) is 0 Å². The van der Waals surface area contributed by atoms with Crippen LogP contribution in [0.15, 0.2) is 18.2 Å². The first-order valence-electron chi connectivity index (χ1n) is 3.60. The van der Waals surface area contributed by atoms with Gasteiger partial charge in [-0.3, -0.25) is 0 Å². The molecule has 2 N–H and O–H groups in total. The Bertz CT molecular complexity index is 341. The van der Waals surface area contributed by atoms with Gasteiger partial charge in [-0.05, 0) is 24.6 Å². The van der Waals surface area contributed by atoms with E-state index in [9.17, 15) is 9.59 Å². The molecule has 1 rings (SSSR count). The third-order valence-electron chi connectivity index (χ3n) is 1.79. The summed E-state index contributed by atoms with van der Waals surface area (Å²) in [6.45, 7) is 1.48. The van der Waals surface area contributed by atoms with Crippen molar-refractivity contribution in [2.24, 2.45) is 0 Å². The van der Waals surface area contributed by atoms with E-state index in [1.165, 1.54) is 25.1 Å². The van der Waals surface area contributed by atoms with Crippen molar-refractivity contribution in [3.63, 3.8) is 0 Å². The average molecular weight is 204 g/mol. The van der Waals surface area contributed by atoms with Crippen molar-refractivity contribution in [1.82, 2.24) is 0 Å². The number of carboxylic acids is 2. The molecule has 0 amide bonds. The average Bonchev–Trinajstić information content (AvgIpc) is 2.03.